The third kappa shape index (κ3) is 8.93. The maximum Gasteiger partial charge on any atom is 0.0314 e. The second-order valence-electron chi connectivity index (χ2n) is 1.70. The number of rotatable bonds is 6. The minimum Gasteiger partial charge on any atom is -0.161 e. The highest BCUT2D eigenvalue weighted by Crippen LogP contribution is 2.04. The summed E-state index contributed by atoms with van der Waals surface area (Å²) in [4.78, 5) is 0. The van der Waals surface area contributed by atoms with Crippen molar-refractivity contribution in [2.24, 2.45) is 0 Å². The SMILES string of the molecule is ClCCCCSCCCl. The fraction of sp³-hybridized carbons (Fsp3) is 1.00. The summed E-state index contributed by atoms with van der Waals surface area (Å²) in [6.07, 6.45) is 2.36. The van der Waals surface area contributed by atoms with Crippen LogP contribution in [0.1, 0.15) is 12.8 Å². The van der Waals surface area contributed by atoms with Gasteiger partial charge in [-0.15, -0.1) is 23.2 Å². The van der Waals surface area contributed by atoms with Gasteiger partial charge in [0.05, 0.1) is 0 Å². The summed E-state index contributed by atoms with van der Waals surface area (Å²) in [5, 5.41) is 0. The van der Waals surface area contributed by atoms with Crippen LogP contribution in [0.5, 0.6) is 0 Å². The van der Waals surface area contributed by atoms with Crippen LogP contribution in [0.4, 0.5) is 0 Å². The van der Waals surface area contributed by atoms with Gasteiger partial charge in [-0.3, -0.25) is 0 Å². The molecule has 9 heavy (non-hydrogen) atoms. The van der Waals surface area contributed by atoms with E-state index in [2.05, 4.69) is 0 Å². The molecule has 3 heteroatoms. The van der Waals surface area contributed by atoms with Crippen molar-refractivity contribution in [1.82, 2.24) is 0 Å². The van der Waals surface area contributed by atoms with E-state index in [9.17, 15) is 0 Å². The van der Waals surface area contributed by atoms with E-state index < -0.39 is 0 Å². The molecule has 0 unspecified atom stereocenters. The summed E-state index contributed by atoms with van der Waals surface area (Å²) < 4.78 is 0. The van der Waals surface area contributed by atoms with Gasteiger partial charge in [-0.2, -0.15) is 11.8 Å². The average Bonchev–Trinajstić information content (AvgIpc) is 1.89. The van der Waals surface area contributed by atoms with E-state index in [1.54, 1.807) is 0 Å². The Morgan fingerprint density at radius 2 is 1.67 bits per heavy atom. The van der Waals surface area contributed by atoms with Crippen LogP contribution in [0.15, 0.2) is 0 Å². The Labute approximate surface area is 71.3 Å². The molecule has 0 bridgehead atoms. The monoisotopic (exact) mass is 186 g/mol. The van der Waals surface area contributed by atoms with Crippen LogP contribution in [0.25, 0.3) is 0 Å². The van der Waals surface area contributed by atoms with Crippen molar-refractivity contribution in [1.29, 1.82) is 0 Å². The lowest BCUT2D eigenvalue weighted by Crippen LogP contribution is -1.84. The second kappa shape index (κ2) is 8.93. The van der Waals surface area contributed by atoms with Crippen LogP contribution in [0.2, 0.25) is 0 Å². The molecule has 0 atom stereocenters. The lowest BCUT2D eigenvalue weighted by atomic mass is 10.4. The predicted octanol–water partition coefficient (Wildman–Crippen LogP) is 2.98. The van der Waals surface area contributed by atoms with Crippen LogP contribution in [0.3, 0.4) is 0 Å². The van der Waals surface area contributed by atoms with Gasteiger partial charge in [0, 0.05) is 17.5 Å². The number of halogens is 2. The molecule has 0 aromatic rings. The number of hydrogen-bond donors (Lipinski definition) is 0. The first kappa shape index (κ1) is 9.93. The lowest BCUT2D eigenvalue weighted by molar-refractivity contribution is 0.903. The van der Waals surface area contributed by atoms with Gasteiger partial charge in [-0.1, -0.05) is 0 Å². The van der Waals surface area contributed by atoms with Gasteiger partial charge in [0.2, 0.25) is 0 Å². The number of unbranched alkanes of at least 4 members (excludes halogenated alkanes) is 1. The third-order valence-electron chi connectivity index (χ3n) is 0.894. The molecule has 0 saturated carbocycles. The van der Waals surface area contributed by atoms with Crippen molar-refractivity contribution in [3.63, 3.8) is 0 Å². The molecule has 0 heterocycles. The van der Waals surface area contributed by atoms with E-state index in [1.165, 1.54) is 12.2 Å². The second-order valence-corrected chi connectivity index (χ2v) is 3.68. The Hall–Kier alpha value is 0.930. The van der Waals surface area contributed by atoms with E-state index in [1.807, 2.05) is 11.8 Å². The third-order valence-corrected chi connectivity index (χ3v) is 2.64. The minimum absolute atomic E-state index is 0.769. The Kier molecular flexibility index (Phi) is 9.85. The van der Waals surface area contributed by atoms with E-state index >= 15 is 0 Å². The maximum atomic E-state index is 5.48. The van der Waals surface area contributed by atoms with Gasteiger partial charge in [0.1, 0.15) is 0 Å². The van der Waals surface area contributed by atoms with Crippen molar-refractivity contribution in [2.75, 3.05) is 23.3 Å². The van der Waals surface area contributed by atoms with Crippen LogP contribution >= 0.6 is 35.0 Å². The van der Waals surface area contributed by atoms with Gasteiger partial charge >= 0.3 is 0 Å². The number of hydrogen-bond acceptors (Lipinski definition) is 1. The molecular formula is C6H12Cl2S. The van der Waals surface area contributed by atoms with Crippen molar-refractivity contribution in [3.05, 3.63) is 0 Å². The molecule has 0 rings (SSSR count). The molecule has 0 aliphatic heterocycles. The summed E-state index contributed by atoms with van der Waals surface area (Å²) >= 11 is 12.8. The van der Waals surface area contributed by atoms with Crippen molar-refractivity contribution >= 4 is 35.0 Å². The molecular weight excluding hydrogens is 175 g/mol. The van der Waals surface area contributed by atoms with Gasteiger partial charge in [-0.05, 0) is 18.6 Å². The molecule has 56 valence electrons. The molecule has 0 aromatic heterocycles. The fourth-order valence-corrected chi connectivity index (χ4v) is 1.69. The quantitative estimate of drug-likeness (QED) is 0.455. The number of alkyl halides is 2. The Morgan fingerprint density at radius 1 is 0.889 bits per heavy atom. The summed E-state index contributed by atoms with van der Waals surface area (Å²) in [7, 11) is 0. The van der Waals surface area contributed by atoms with Gasteiger partial charge in [0.15, 0.2) is 0 Å². The molecule has 0 saturated heterocycles. The van der Waals surface area contributed by atoms with Crippen LogP contribution < -0.4 is 0 Å². The largest absolute Gasteiger partial charge is 0.161 e. The van der Waals surface area contributed by atoms with E-state index in [0.29, 0.717) is 0 Å². The number of thioether (sulfide) groups is 1. The molecule has 0 aliphatic rings. The molecule has 0 fully saturated rings. The smallest absolute Gasteiger partial charge is 0.0314 e. The molecule has 0 radical (unpaired) electrons. The van der Waals surface area contributed by atoms with E-state index in [4.69, 9.17) is 23.2 Å². The van der Waals surface area contributed by atoms with Gasteiger partial charge < -0.3 is 0 Å². The Balaban J connectivity index is 2.60. The zero-order valence-corrected chi connectivity index (χ0v) is 7.74. The maximum absolute atomic E-state index is 5.48. The van der Waals surface area contributed by atoms with Crippen molar-refractivity contribution in [2.45, 2.75) is 12.8 Å². The van der Waals surface area contributed by atoms with Crippen LogP contribution in [-0.2, 0) is 0 Å². The summed E-state index contributed by atoms with van der Waals surface area (Å²) in [6.45, 7) is 0. The standard InChI is InChI=1S/C6H12Cl2S/c7-3-1-2-5-9-6-4-8/h1-6H2. The highest BCUT2D eigenvalue weighted by molar-refractivity contribution is 7.99. The fourth-order valence-electron chi connectivity index (χ4n) is 0.455. The van der Waals surface area contributed by atoms with Gasteiger partial charge in [0.25, 0.3) is 0 Å². The van der Waals surface area contributed by atoms with E-state index in [0.717, 1.165) is 23.9 Å². The van der Waals surface area contributed by atoms with Gasteiger partial charge in [-0.25, -0.2) is 0 Å². The average molecular weight is 187 g/mol. The lowest BCUT2D eigenvalue weighted by Gasteiger charge is -1.95. The first-order valence-electron chi connectivity index (χ1n) is 3.11. The zero-order valence-electron chi connectivity index (χ0n) is 5.41. The molecule has 0 aromatic carbocycles. The molecule has 0 N–H and O–H groups in total. The molecule has 0 nitrogen and oxygen atoms in total. The minimum atomic E-state index is 0.769. The first-order chi connectivity index (χ1) is 4.41. The molecule has 0 aliphatic carbocycles. The molecule has 0 amide bonds. The Bertz CT molecular complexity index is 44.3. The normalized spacial score (nSPS) is 10.0. The highest BCUT2D eigenvalue weighted by Gasteiger charge is 1.87. The predicted molar refractivity (Wildman–Crippen MR) is 48.0 cm³/mol. The van der Waals surface area contributed by atoms with Crippen molar-refractivity contribution in [3.8, 4) is 0 Å². The first-order valence-corrected chi connectivity index (χ1v) is 5.34. The van der Waals surface area contributed by atoms with Crippen LogP contribution in [0, 0.1) is 0 Å². The highest BCUT2D eigenvalue weighted by atomic mass is 35.5. The molecule has 0 spiro atoms. The Morgan fingerprint density at radius 3 is 2.22 bits per heavy atom. The summed E-state index contributed by atoms with van der Waals surface area (Å²) in [5.41, 5.74) is 0. The zero-order chi connectivity index (χ0) is 6.95. The van der Waals surface area contributed by atoms with Crippen LogP contribution in [-0.4, -0.2) is 23.3 Å². The summed E-state index contributed by atoms with van der Waals surface area (Å²) in [6, 6.07) is 0. The van der Waals surface area contributed by atoms with Crippen molar-refractivity contribution < 1.29 is 0 Å². The topological polar surface area (TPSA) is 0 Å². The van der Waals surface area contributed by atoms with E-state index in [-0.39, 0.29) is 0 Å². The summed E-state index contributed by atoms with van der Waals surface area (Å²) in [5.74, 6) is 3.84.